The van der Waals surface area contributed by atoms with Gasteiger partial charge in [-0.25, -0.2) is 4.98 Å². The zero-order valence-electron chi connectivity index (χ0n) is 13.3. The lowest BCUT2D eigenvalue weighted by molar-refractivity contribution is 0.959. The van der Waals surface area contributed by atoms with Crippen molar-refractivity contribution >= 4 is 49.3 Å². The number of aromatic nitrogens is 2. The van der Waals surface area contributed by atoms with Crippen LogP contribution in [0.2, 0.25) is 0 Å². The highest BCUT2D eigenvalue weighted by atomic mass is 32.1. The van der Waals surface area contributed by atoms with E-state index < -0.39 is 0 Å². The summed E-state index contributed by atoms with van der Waals surface area (Å²) in [6, 6.07) is 7.79. The summed E-state index contributed by atoms with van der Waals surface area (Å²) in [5.74, 6) is 0. The van der Waals surface area contributed by atoms with Gasteiger partial charge in [-0.05, 0) is 29.9 Å². The fourth-order valence-corrected chi connectivity index (χ4v) is 4.19. The number of anilines is 1. The minimum absolute atomic E-state index is 0.0793. The predicted octanol–water partition coefficient (Wildman–Crippen LogP) is 4.94. The molecule has 124 valence electrons. The van der Waals surface area contributed by atoms with Crippen molar-refractivity contribution in [3.63, 3.8) is 0 Å². The first-order valence-electron chi connectivity index (χ1n) is 7.15. The van der Waals surface area contributed by atoms with Crippen molar-refractivity contribution in [2.75, 3.05) is 18.5 Å². The minimum atomic E-state index is 0.0793. The van der Waals surface area contributed by atoms with Crippen molar-refractivity contribution in [3.05, 3.63) is 28.8 Å². The molecule has 0 atom stereocenters. The summed E-state index contributed by atoms with van der Waals surface area (Å²) >= 11 is 4.00. The zero-order chi connectivity index (χ0) is 17.8. The third-order valence-electron chi connectivity index (χ3n) is 3.28. The first-order chi connectivity index (χ1) is 12.2. The Balaban J connectivity index is 2.02. The van der Waals surface area contributed by atoms with Crippen LogP contribution in [0, 0.1) is 22.7 Å². The summed E-state index contributed by atoms with van der Waals surface area (Å²) < 4.78 is 3.92. The van der Waals surface area contributed by atoms with Crippen LogP contribution in [0.4, 0.5) is 15.1 Å². The lowest BCUT2D eigenvalue weighted by atomic mass is 10.3. The summed E-state index contributed by atoms with van der Waals surface area (Å²) in [6.07, 6.45) is 0. The quantitative estimate of drug-likeness (QED) is 0.579. The lowest BCUT2D eigenvalue weighted by Crippen LogP contribution is -2.15. The molecule has 0 saturated carbocycles. The molecule has 0 spiro atoms. The molecule has 25 heavy (non-hydrogen) atoms. The molecule has 0 fully saturated rings. The Kier molecular flexibility index (Phi) is 5.14. The molecule has 0 saturated heterocycles. The van der Waals surface area contributed by atoms with Crippen LogP contribution in [0.3, 0.4) is 0 Å². The van der Waals surface area contributed by atoms with E-state index in [0.29, 0.717) is 10.0 Å². The number of thiazole rings is 1. The standard InChI is InChI=1S/C15H11N7S3/c1-3-22(2)15-18-12(11-5-4-6-23-11)14(24-15)20-19-13-9(7-16)10(8-17)21-25-13/h4-6H,3H2,1-2H3. The largest absolute Gasteiger partial charge is 0.351 e. The summed E-state index contributed by atoms with van der Waals surface area (Å²) in [5.41, 5.74) is 1.00. The molecule has 3 aromatic rings. The minimum Gasteiger partial charge on any atom is -0.351 e. The van der Waals surface area contributed by atoms with Gasteiger partial charge in [0.05, 0.1) is 4.88 Å². The number of nitrogens with zero attached hydrogens (tertiary/aromatic N) is 7. The second kappa shape index (κ2) is 7.49. The number of thiophene rings is 1. The van der Waals surface area contributed by atoms with Gasteiger partial charge in [0.25, 0.3) is 0 Å². The topological polar surface area (TPSA) is 101 Å². The molecule has 0 amide bonds. The molecule has 0 aliphatic rings. The van der Waals surface area contributed by atoms with Crippen LogP contribution >= 0.6 is 34.2 Å². The van der Waals surface area contributed by atoms with Gasteiger partial charge in [-0.3, -0.25) is 0 Å². The zero-order valence-corrected chi connectivity index (χ0v) is 15.7. The Labute approximate surface area is 156 Å². The van der Waals surface area contributed by atoms with Crippen molar-refractivity contribution in [3.8, 4) is 22.7 Å². The van der Waals surface area contributed by atoms with E-state index >= 15 is 0 Å². The molecule has 0 aliphatic heterocycles. The van der Waals surface area contributed by atoms with Gasteiger partial charge in [0.15, 0.2) is 20.8 Å². The summed E-state index contributed by atoms with van der Waals surface area (Å²) in [4.78, 5) is 7.70. The van der Waals surface area contributed by atoms with Gasteiger partial charge < -0.3 is 4.90 Å². The van der Waals surface area contributed by atoms with Crippen molar-refractivity contribution < 1.29 is 0 Å². The SMILES string of the molecule is CCN(C)c1nc(-c2cccs2)c(N=Nc2snc(C#N)c2C#N)s1. The average molecular weight is 386 g/mol. The van der Waals surface area contributed by atoms with Crippen LogP contribution < -0.4 is 4.90 Å². The van der Waals surface area contributed by atoms with Crippen LogP contribution in [-0.2, 0) is 0 Å². The van der Waals surface area contributed by atoms with Gasteiger partial charge in [0, 0.05) is 13.6 Å². The maximum Gasteiger partial charge on any atom is 0.187 e. The maximum absolute atomic E-state index is 9.18. The van der Waals surface area contributed by atoms with Crippen LogP contribution in [0.25, 0.3) is 10.6 Å². The van der Waals surface area contributed by atoms with E-state index in [2.05, 4.69) is 19.6 Å². The second-order valence-electron chi connectivity index (χ2n) is 4.78. The van der Waals surface area contributed by atoms with Crippen molar-refractivity contribution in [2.24, 2.45) is 10.2 Å². The summed E-state index contributed by atoms with van der Waals surface area (Å²) in [5, 5.41) is 30.4. The van der Waals surface area contributed by atoms with Crippen LogP contribution in [0.1, 0.15) is 18.2 Å². The first kappa shape index (κ1) is 17.2. The molecule has 3 heterocycles. The van der Waals surface area contributed by atoms with E-state index in [1.54, 1.807) is 11.3 Å². The van der Waals surface area contributed by atoms with E-state index in [0.717, 1.165) is 33.8 Å². The Morgan fingerprint density at radius 2 is 2.04 bits per heavy atom. The average Bonchev–Trinajstić information content (AvgIpc) is 3.36. The van der Waals surface area contributed by atoms with Crippen LogP contribution in [-0.4, -0.2) is 22.9 Å². The molecule has 0 aromatic carbocycles. The molecule has 10 heteroatoms. The van der Waals surface area contributed by atoms with Crippen LogP contribution in [0.15, 0.2) is 27.7 Å². The Bertz CT molecular complexity index is 986. The van der Waals surface area contributed by atoms with E-state index in [1.807, 2.05) is 48.5 Å². The molecular formula is C15H11N7S3. The Morgan fingerprint density at radius 1 is 1.24 bits per heavy atom. The van der Waals surface area contributed by atoms with Gasteiger partial charge in [0.1, 0.15) is 23.4 Å². The smallest absolute Gasteiger partial charge is 0.187 e. The van der Waals surface area contributed by atoms with Gasteiger partial charge in [-0.15, -0.1) is 21.6 Å². The highest BCUT2D eigenvalue weighted by Gasteiger charge is 2.17. The number of nitriles is 2. The Morgan fingerprint density at radius 3 is 2.68 bits per heavy atom. The fourth-order valence-electron chi connectivity index (χ4n) is 1.86. The molecule has 7 nitrogen and oxygen atoms in total. The monoisotopic (exact) mass is 385 g/mol. The van der Waals surface area contributed by atoms with Gasteiger partial charge in [0.2, 0.25) is 0 Å². The number of hydrogen-bond donors (Lipinski definition) is 0. The second-order valence-corrected chi connectivity index (χ2v) is 7.43. The van der Waals surface area contributed by atoms with E-state index in [4.69, 9.17) is 5.26 Å². The first-order valence-corrected chi connectivity index (χ1v) is 9.62. The van der Waals surface area contributed by atoms with Gasteiger partial charge >= 0.3 is 0 Å². The lowest BCUT2D eigenvalue weighted by Gasteiger charge is -2.10. The third-order valence-corrected chi connectivity index (χ3v) is 5.94. The molecule has 0 aliphatic carbocycles. The molecule has 0 radical (unpaired) electrons. The maximum atomic E-state index is 9.18. The molecule has 0 bridgehead atoms. The van der Waals surface area contributed by atoms with E-state index in [9.17, 15) is 5.26 Å². The van der Waals surface area contributed by atoms with Crippen LogP contribution in [0.5, 0.6) is 0 Å². The van der Waals surface area contributed by atoms with Crippen molar-refractivity contribution in [1.29, 1.82) is 10.5 Å². The molecule has 3 rings (SSSR count). The van der Waals surface area contributed by atoms with E-state index in [1.165, 1.54) is 11.3 Å². The van der Waals surface area contributed by atoms with Crippen molar-refractivity contribution in [2.45, 2.75) is 6.92 Å². The van der Waals surface area contributed by atoms with Gasteiger partial charge in [-0.2, -0.15) is 14.9 Å². The van der Waals surface area contributed by atoms with Crippen molar-refractivity contribution in [1.82, 2.24) is 9.36 Å². The fraction of sp³-hybridized carbons (Fsp3) is 0.200. The van der Waals surface area contributed by atoms with E-state index in [-0.39, 0.29) is 11.3 Å². The highest BCUT2D eigenvalue weighted by molar-refractivity contribution is 7.20. The highest BCUT2D eigenvalue weighted by Crippen LogP contribution is 2.42. The molecule has 0 N–H and O–H groups in total. The molecule has 0 unspecified atom stereocenters. The summed E-state index contributed by atoms with van der Waals surface area (Å²) in [7, 11) is 1.97. The predicted molar refractivity (Wildman–Crippen MR) is 100 cm³/mol. The third kappa shape index (κ3) is 3.42. The number of rotatable bonds is 5. The molecule has 3 aromatic heterocycles. The number of azo groups is 1. The van der Waals surface area contributed by atoms with Gasteiger partial charge in [-0.1, -0.05) is 17.4 Å². The Hall–Kier alpha value is -2.66. The molecular weight excluding hydrogens is 374 g/mol. The number of hydrogen-bond acceptors (Lipinski definition) is 10. The summed E-state index contributed by atoms with van der Waals surface area (Å²) in [6.45, 7) is 2.88. The normalized spacial score (nSPS) is 10.7.